The second-order valence-corrected chi connectivity index (χ2v) is 3.86. The predicted octanol–water partition coefficient (Wildman–Crippen LogP) is 2.42. The number of aryl methyl sites for hydroxylation is 1. The summed E-state index contributed by atoms with van der Waals surface area (Å²) in [5.74, 6) is 0. The van der Waals surface area contributed by atoms with E-state index in [1.54, 1.807) is 12.1 Å². The summed E-state index contributed by atoms with van der Waals surface area (Å²) in [5.41, 5.74) is 2.03. The van der Waals surface area contributed by atoms with Crippen molar-refractivity contribution in [2.45, 2.75) is 20.0 Å². The summed E-state index contributed by atoms with van der Waals surface area (Å²) in [6.07, 6.45) is 3.78. The summed E-state index contributed by atoms with van der Waals surface area (Å²) in [4.78, 5) is 10.1. The molecule has 0 saturated carbocycles. The highest BCUT2D eigenvalue weighted by molar-refractivity contribution is 5.48. The highest BCUT2D eigenvalue weighted by Crippen LogP contribution is 2.16. The standard InChI is InChI=1S/C12H14N4O2/c1-2-15-9-10(8-14-15)7-13-11-3-5-12(6-4-11)16(17)18/h3-6,8-9,13H,2,7H2,1H3. The molecule has 18 heavy (non-hydrogen) atoms. The third kappa shape index (κ3) is 2.85. The molecule has 1 aromatic heterocycles. The zero-order valence-electron chi connectivity index (χ0n) is 10.0. The Morgan fingerprint density at radius 2 is 2.11 bits per heavy atom. The SMILES string of the molecule is CCn1cc(CNc2ccc([N+](=O)[O-])cc2)cn1. The smallest absolute Gasteiger partial charge is 0.269 e. The average molecular weight is 246 g/mol. The molecule has 6 heteroatoms. The number of nitro benzene ring substituents is 1. The van der Waals surface area contributed by atoms with Crippen LogP contribution in [0.1, 0.15) is 12.5 Å². The van der Waals surface area contributed by atoms with Crippen molar-refractivity contribution in [3.63, 3.8) is 0 Å². The molecule has 0 aliphatic rings. The maximum absolute atomic E-state index is 10.5. The van der Waals surface area contributed by atoms with Gasteiger partial charge < -0.3 is 5.32 Å². The molecule has 0 radical (unpaired) electrons. The van der Waals surface area contributed by atoms with Gasteiger partial charge in [-0.1, -0.05) is 0 Å². The molecule has 0 saturated heterocycles. The van der Waals surface area contributed by atoms with Crippen LogP contribution in [-0.4, -0.2) is 14.7 Å². The van der Waals surface area contributed by atoms with Crippen molar-refractivity contribution in [3.05, 3.63) is 52.3 Å². The number of aromatic nitrogens is 2. The highest BCUT2D eigenvalue weighted by atomic mass is 16.6. The minimum Gasteiger partial charge on any atom is -0.381 e. The number of nitro groups is 1. The van der Waals surface area contributed by atoms with Crippen molar-refractivity contribution in [2.75, 3.05) is 5.32 Å². The second kappa shape index (κ2) is 5.31. The molecule has 0 spiro atoms. The van der Waals surface area contributed by atoms with Gasteiger partial charge in [-0.3, -0.25) is 14.8 Å². The first-order valence-electron chi connectivity index (χ1n) is 5.68. The number of benzene rings is 1. The summed E-state index contributed by atoms with van der Waals surface area (Å²) in [5, 5.41) is 17.9. The first-order chi connectivity index (χ1) is 8.69. The van der Waals surface area contributed by atoms with Gasteiger partial charge >= 0.3 is 0 Å². The molecular formula is C12H14N4O2. The molecule has 0 aliphatic heterocycles. The molecule has 0 bridgehead atoms. The number of nitrogens with zero attached hydrogens (tertiary/aromatic N) is 3. The van der Waals surface area contributed by atoms with Crippen LogP contribution >= 0.6 is 0 Å². The predicted molar refractivity (Wildman–Crippen MR) is 68.3 cm³/mol. The molecule has 0 aliphatic carbocycles. The fourth-order valence-corrected chi connectivity index (χ4v) is 1.58. The van der Waals surface area contributed by atoms with Crippen molar-refractivity contribution in [3.8, 4) is 0 Å². The summed E-state index contributed by atoms with van der Waals surface area (Å²) in [6.45, 7) is 3.52. The van der Waals surface area contributed by atoms with Crippen LogP contribution in [0, 0.1) is 10.1 Å². The van der Waals surface area contributed by atoms with Crippen molar-refractivity contribution in [1.29, 1.82) is 0 Å². The molecule has 1 aromatic carbocycles. The zero-order chi connectivity index (χ0) is 13.0. The summed E-state index contributed by atoms with van der Waals surface area (Å²) < 4.78 is 1.85. The van der Waals surface area contributed by atoms with Gasteiger partial charge in [0.1, 0.15) is 0 Å². The van der Waals surface area contributed by atoms with Crippen LogP contribution in [0.3, 0.4) is 0 Å². The molecule has 0 unspecified atom stereocenters. The van der Waals surface area contributed by atoms with Crippen LogP contribution in [0.25, 0.3) is 0 Å². The van der Waals surface area contributed by atoms with Gasteiger partial charge in [-0.25, -0.2) is 0 Å². The summed E-state index contributed by atoms with van der Waals surface area (Å²) in [7, 11) is 0. The third-order valence-corrected chi connectivity index (χ3v) is 2.59. The van der Waals surface area contributed by atoms with Crippen molar-refractivity contribution in [2.24, 2.45) is 0 Å². The average Bonchev–Trinajstić information content (AvgIpc) is 2.85. The van der Waals surface area contributed by atoms with E-state index in [-0.39, 0.29) is 5.69 Å². The highest BCUT2D eigenvalue weighted by Gasteiger charge is 2.03. The number of hydrogen-bond acceptors (Lipinski definition) is 4. The molecule has 1 heterocycles. The molecule has 94 valence electrons. The maximum atomic E-state index is 10.5. The molecule has 6 nitrogen and oxygen atoms in total. The Morgan fingerprint density at radius 1 is 1.39 bits per heavy atom. The monoisotopic (exact) mass is 246 g/mol. The first kappa shape index (κ1) is 12.1. The maximum Gasteiger partial charge on any atom is 0.269 e. The normalized spacial score (nSPS) is 10.3. The van der Waals surface area contributed by atoms with E-state index in [9.17, 15) is 10.1 Å². The van der Waals surface area contributed by atoms with E-state index in [0.717, 1.165) is 17.8 Å². The topological polar surface area (TPSA) is 73.0 Å². The van der Waals surface area contributed by atoms with E-state index in [0.29, 0.717) is 6.54 Å². The van der Waals surface area contributed by atoms with Crippen LogP contribution in [0.4, 0.5) is 11.4 Å². The molecule has 2 rings (SSSR count). The second-order valence-electron chi connectivity index (χ2n) is 3.86. The Balaban J connectivity index is 1.95. The minimum atomic E-state index is -0.408. The lowest BCUT2D eigenvalue weighted by molar-refractivity contribution is -0.384. The zero-order valence-corrected chi connectivity index (χ0v) is 10.0. The van der Waals surface area contributed by atoms with Crippen LogP contribution in [0.5, 0.6) is 0 Å². The van der Waals surface area contributed by atoms with Gasteiger partial charge in [0.2, 0.25) is 0 Å². The van der Waals surface area contributed by atoms with Gasteiger partial charge in [0.05, 0.1) is 11.1 Å². The van der Waals surface area contributed by atoms with Crippen LogP contribution in [0.15, 0.2) is 36.7 Å². The van der Waals surface area contributed by atoms with Gasteiger partial charge in [-0.15, -0.1) is 0 Å². The third-order valence-electron chi connectivity index (χ3n) is 2.59. The largest absolute Gasteiger partial charge is 0.381 e. The lowest BCUT2D eigenvalue weighted by Crippen LogP contribution is -1.99. The molecule has 0 atom stereocenters. The minimum absolute atomic E-state index is 0.0966. The van der Waals surface area contributed by atoms with Crippen molar-refractivity contribution < 1.29 is 4.92 Å². The number of hydrogen-bond donors (Lipinski definition) is 1. The van der Waals surface area contributed by atoms with Gasteiger partial charge in [-0.05, 0) is 19.1 Å². The fourth-order valence-electron chi connectivity index (χ4n) is 1.58. The lowest BCUT2D eigenvalue weighted by atomic mass is 10.2. The summed E-state index contributed by atoms with van der Waals surface area (Å²) in [6, 6.07) is 6.36. The van der Waals surface area contributed by atoms with Crippen LogP contribution in [-0.2, 0) is 13.1 Å². The molecule has 0 fully saturated rings. The molecule has 1 N–H and O–H groups in total. The van der Waals surface area contributed by atoms with E-state index in [4.69, 9.17) is 0 Å². The van der Waals surface area contributed by atoms with Gasteiger partial charge in [0.15, 0.2) is 0 Å². The Labute approximate surface area is 104 Å². The summed E-state index contributed by atoms with van der Waals surface area (Å²) >= 11 is 0. The Morgan fingerprint density at radius 3 is 2.67 bits per heavy atom. The Kier molecular flexibility index (Phi) is 3.57. The van der Waals surface area contributed by atoms with Gasteiger partial charge in [-0.2, -0.15) is 5.10 Å². The lowest BCUT2D eigenvalue weighted by Gasteiger charge is -2.03. The first-order valence-corrected chi connectivity index (χ1v) is 5.68. The molecular weight excluding hydrogens is 232 g/mol. The van der Waals surface area contributed by atoms with E-state index in [2.05, 4.69) is 10.4 Å². The molecule has 2 aromatic rings. The van der Waals surface area contributed by atoms with Crippen molar-refractivity contribution >= 4 is 11.4 Å². The molecule has 0 amide bonds. The van der Waals surface area contributed by atoms with Crippen LogP contribution in [0.2, 0.25) is 0 Å². The van der Waals surface area contributed by atoms with Crippen molar-refractivity contribution in [1.82, 2.24) is 9.78 Å². The number of rotatable bonds is 5. The van der Waals surface area contributed by atoms with E-state index in [1.165, 1.54) is 12.1 Å². The quantitative estimate of drug-likeness (QED) is 0.649. The number of anilines is 1. The number of nitrogens with one attached hydrogen (secondary N) is 1. The van der Waals surface area contributed by atoms with E-state index < -0.39 is 4.92 Å². The van der Waals surface area contributed by atoms with E-state index in [1.807, 2.05) is 24.0 Å². The Bertz CT molecular complexity index is 533. The van der Waals surface area contributed by atoms with Crippen LogP contribution < -0.4 is 5.32 Å². The van der Waals surface area contributed by atoms with Gasteiger partial charge in [0.25, 0.3) is 5.69 Å². The van der Waals surface area contributed by atoms with Gasteiger partial charge in [0, 0.05) is 42.7 Å². The fraction of sp³-hybridized carbons (Fsp3) is 0.250. The number of non-ortho nitro benzene ring substituents is 1. The van der Waals surface area contributed by atoms with E-state index >= 15 is 0 Å². The Hall–Kier alpha value is -2.37.